The summed E-state index contributed by atoms with van der Waals surface area (Å²) in [7, 11) is 0. The molecule has 0 aromatic heterocycles. The molecule has 2 atom stereocenters. The molecule has 0 fully saturated rings. The van der Waals surface area contributed by atoms with Gasteiger partial charge in [-0.05, 0) is 44.5 Å². The Kier molecular flexibility index (Phi) is 5.97. The van der Waals surface area contributed by atoms with Crippen LogP contribution in [0.25, 0.3) is 5.57 Å². The molecule has 1 aliphatic rings. The van der Waals surface area contributed by atoms with E-state index in [0.717, 1.165) is 12.1 Å². The Labute approximate surface area is 160 Å². The maximum atomic E-state index is 14.7. The molecule has 0 bridgehead atoms. The molecule has 148 valence electrons. The smallest absolute Gasteiger partial charge is 0.338 e. The van der Waals surface area contributed by atoms with Crippen LogP contribution in [0.4, 0.5) is 13.2 Å². The van der Waals surface area contributed by atoms with E-state index in [1.807, 2.05) is 0 Å². The Morgan fingerprint density at radius 1 is 1.11 bits per heavy atom. The van der Waals surface area contributed by atoms with E-state index in [4.69, 9.17) is 9.47 Å². The van der Waals surface area contributed by atoms with Gasteiger partial charge in [-0.3, -0.25) is 0 Å². The summed E-state index contributed by atoms with van der Waals surface area (Å²) in [5.74, 6) is -4.19. The lowest BCUT2D eigenvalue weighted by Crippen LogP contribution is -2.42. The van der Waals surface area contributed by atoms with Crippen LogP contribution in [-0.2, 0) is 14.3 Å². The molecule has 1 aromatic carbocycles. The number of halogens is 3. The van der Waals surface area contributed by atoms with Crippen molar-refractivity contribution < 1.29 is 32.2 Å². The molecule has 2 unspecified atom stereocenters. The van der Waals surface area contributed by atoms with E-state index in [1.165, 1.54) is 39.0 Å². The molecule has 1 aromatic rings. The van der Waals surface area contributed by atoms with Gasteiger partial charge in [-0.25, -0.2) is 22.8 Å². The summed E-state index contributed by atoms with van der Waals surface area (Å²) in [4.78, 5) is 23.2. The number of allylic oxidation sites excluding steroid dienone is 2. The Bertz CT molecular complexity index is 930. The Morgan fingerprint density at radius 3 is 2.25 bits per heavy atom. The standard InChI is InChI=1S/C21H19F3O4/c1-11(2)19(25)27-16-7-6-13(10-15(16)22)14-8-9-21(5,18(24)17(14)23)28-20(26)12(3)4/h6-10,18H,1,3H2,2,4-5H3. The van der Waals surface area contributed by atoms with Gasteiger partial charge >= 0.3 is 11.9 Å². The minimum Gasteiger partial charge on any atom is -0.448 e. The van der Waals surface area contributed by atoms with Gasteiger partial charge < -0.3 is 9.47 Å². The fraction of sp³-hybridized carbons (Fsp3) is 0.238. The fourth-order valence-electron chi connectivity index (χ4n) is 2.35. The number of hydrogen-bond acceptors (Lipinski definition) is 4. The molecule has 0 aliphatic heterocycles. The van der Waals surface area contributed by atoms with E-state index in [9.17, 15) is 22.8 Å². The highest BCUT2D eigenvalue weighted by Gasteiger charge is 2.43. The van der Waals surface area contributed by atoms with Gasteiger partial charge in [-0.1, -0.05) is 25.3 Å². The lowest BCUT2D eigenvalue weighted by molar-refractivity contribution is -0.153. The molecule has 0 radical (unpaired) electrons. The third-order valence-electron chi connectivity index (χ3n) is 4.02. The van der Waals surface area contributed by atoms with Crippen molar-refractivity contribution in [3.05, 3.63) is 71.9 Å². The highest BCUT2D eigenvalue weighted by molar-refractivity contribution is 5.89. The van der Waals surface area contributed by atoms with Crippen molar-refractivity contribution in [2.75, 3.05) is 0 Å². The SMILES string of the molecule is C=C(C)C(=O)Oc1ccc(C2=C(F)C(F)C(C)(OC(=O)C(=C)C)C=C2)cc1F. The molecule has 4 nitrogen and oxygen atoms in total. The van der Waals surface area contributed by atoms with Crippen molar-refractivity contribution in [3.63, 3.8) is 0 Å². The molecule has 0 spiro atoms. The van der Waals surface area contributed by atoms with Crippen LogP contribution in [0.1, 0.15) is 26.3 Å². The Balaban J connectivity index is 2.31. The second-order valence-electron chi connectivity index (χ2n) is 6.63. The first kappa shape index (κ1) is 21.2. The van der Waals surface area contributed by atoms with Crippen molar-refractivity contribution in [2.45, 2.75) is 32.5 Å². The number of hydrogen-bond donors (Lipinski definition) is 0. The van der Waals surface area contributed by atoms with Gasteiger partial charge in [0.25, 0.3) is 0 Å². The van der Waals surface area contributed by atoms with Gasteiger partial charge in [-0.2, -0.15) is 0 Å². The fourth-order valence-corrected chi connectivity index (χ4v) is 2.35. The summed E-state index contributed by atoms with van der Waals surface area (Å²) in [6.07, 6.45) is 0.0924. The van der Waals surface area contributed by atoms with Crippen LogP contribution >= 0.6 is 0 Å². The topological polar surface area (TPSA) is 52.6 Å². The number of esters is 2. The van der Waals surface area contributed by atoms with E-state index in [2.05, 4.69) is 13.2 Å². The molecule has 0 heterocycles. The van der Waals surface area contributed by atoms with Gasteiger partial charge in [0.2, 0.25) is 0 Å². The summed E-state index contributed by atoms with van der Waals surface area (Å²) in [5, 5.41) is 0. The summed E-state index contributed by atoms with van der Waals surface area (Å²) in [6.45, 7) is 10.8. The summed E-state index contributed by atoms with van der Waals surface area (Å²) < 4.78 is 53.3. The quantitative estimate of drug-likeness (QED) is 0.411. The van der Waals surface area contributed by atoms with Crippen LogP contribution in [0.5, 0.6) is 5.75 Å². The van der Waals surface area contributed by atoms with E-state index in [0.29, 0.717) is 0 Å². The monoisotopic (exact) mass is 392 g/mol. The Hall–Kier alpha value is -3.09. The minimum atomic E-state index is -2.29. The van der Waals surface area contributed by atoms with Gasteiger partial charge in [0.1, 0.15) is 5.83 Å². The van der Waals surface area contributed by atoms with Gasteiger partial charge in [-0.15, -0.1) is 0 Å². The van der Waals surface area contributed by atoms with Gasteiger partial charge in [0, 0.05) is 16.7 Å². The summed E-state index contributed by atoms with van der Waals surface area (Å²) in [6, 6.07) is 3.32. The molecular formula is C21H19F3O4. The number of benzene rings is 1. The number of carbonyl (C=O) groups excluding carboxylic acids is 2. The largest absolute Gasteiger partial charge is 0.448 e. The van der Waals surface area contributed by atoms with Crippen LogP contribution in [0.2, 0.25) is 0 Å². The second kappa shape index (κ2) is 7.88. The van der Waals surface area contributed by atoms with Crippen LogP contribution in [0, 0.1) is 5.82 Å². The zero-order valence-electron chi connectivity index (χ0n) is 15.6. The molecule has 0 saturated carbocycles. The predicted molar refractivity (Wildman–Crippen MR) is 98.2 cm³/mol. The second-order valence-corrected chi connectivity index (χ2v) is 6.63. The maximum Gasteiger partial charge on any atom is 0.338 e. The highest BCUT2D eigenvalue weighted by atomic mass is 19.2. The van der Waals surface area contributed by atoms with Crippen molar-refractivity contribution in [1.29, 1.82) is 0 Å². The highest BCUT2D eigenvalue weighted by Crippen LogP contribution is 2.38. The van der Waals surface area contributed by atoms with Crippen molar-refractivity contribution in [1.82, 2.24) is 0 Å². The average molecular weight is 392 g/mol. The molecule has 7 heteroatoms. The summed E-state index contributed by atoms with van der Waals surface area (Å²) in [5.41, 5.74) is -1.93. The van der Waals surface area contributed by atoms with E-state index >= 15 is 0 Å². The van der Waals surface area contributed by atoms with Crippen LogP contribution < -0.4 is 4.74 Å². The van der Waals surface area contributed by atoms with E-state index in [1.54, 1.807) is 0 Å². The van der Waals surface area contributed by atoms with Crippen molar-refractivity contribution in [3.8, 4) is 5.75 Å². The number of carbonyl (C=O) groups is 2. The average Bonchev–Trinajstić information content (AvgIpc) is 2.61. The van der Waals surface area contributed by atoms with Crippen LogP contribution in [0.15, 0.2) is 60.5 Å². The number of ether oxygens (including phenoxy) is 2. The van der Waals surface area contributed by atoms with Crippen molar-refractivity contribution in [2.24, 2.45) is 0 Å². The first-order valence-corrected chi connectivity index (χ1v) is 8.25. The third-order valence-corrected chi connectivity index (χ3v) is 4.02. The molecule has 0 saturated heterocycles. The normalized spacial score (nSPS) is 21.3. The maximum absolute atomic E-state index is 14.7. The van der Waals surface area contributed by atoms with Crippen LogP contribution in [0.3, 0.4) is 0 Å². The van der Waals surface area contributed by atoms with Crippen LogP contribution in [-0.4, -0.2) is 23.7 Å². The predicted octanol–water partition coefficient (Wildman–Crippen LogP) is 4.77. The molecular weight excluding hydrogens is 373 g/mol. The molecule has 0 N–H and O–H groups in total. The first-order valence-electron chi connectivity index (χ1n) is 8.25. The minimum absolute atomic E-state index is 0.0253. The molecule has 28 heavy (non-hydrogen) atoms. The van der Waals surface area contributed by atoms with Gasteiger partial charge in [0.05, 0.1) is 0 Å². The van der Waals surface area contributed by atoms with E-state index in [-0.39, 0.29) is 28.0 Å². The summed E-state index contributed by atoms with van der Waals surface area (Å²) >= 11 is 0. The van der Waals surface area contributed by atoms with E-state index < -0.39 is 35.4 Å². The third kappa shape index (κ3) is 4.24. The Morgan fingerprint density at radius 2 is 1.71 bits per heavy atom. The zero-order chi connectivity index (χ0) is 21.2. The zero-order valence-corrected chi connectivity index (χ0v) is 15.6. The molecule has 1 aliphatic carbocycles. The molecule has 2 rings (SSSR count). The lowest BCUT2D eigenvalue weighted by atomic mass is 9.88. The van der Waals surface area contributed by atoms with Crippen molar-refractivity contribution >= 4 is 17.5 Å². The van der Waals surface area contributed by atoms with Gasteiger partial charge in [0.15, 0.2) is 23.3 Å². The first-order chi connectivity index (χ1) is 13.0. The number of rotatable bonds is 5. The lowest BCUT2D eigenvalue weighted by Gasteiger charge is -2.32. The molecule has 0 amide bonds. The number of alkyl halides is 1.